The fourth-order valence-electron chi connectivity index (χ4n) is 7.50. The van der Waals surface area contributed by atoms with Crippen molar-refractivity contribution in [2.45, 2.75) is 50.4 Å². The topological polar surface area (TPSA) is 86.7 Å². The highest BCUT2D eigenvalue weighted by molar-refractivity contribution is 6.39. The van der Waals surface area contributed by atoms with Crippen molar-refractivity contribution in [2.24, 2.45) is 17.8 Å². The lowest BCUT2D eigenvalue weighted by molar-refractivity contribution is -0.122. The molecule has 1 aliphatic heterocycles. The Bertz CT molecular complexity index is 1270. The van der Waals surface area contributed by atoms with Gasteiger partial charge in [0.15, 0.2) is 0 Å². The zero-order valence-electron chi connectivity index (χ0n) is 20.2. The first-order chi connectivity index (χ1) is 17.3. The molecule has 4 saturated carbocycles. The van der Waals surface area contributed by atoms with Gasteiger partial charge in [-0.2, -0.15) is 0 Å². The maximum Gasteiger partial charge on any atom is 0.335 e. The second-order valence-corrected chi connectivity index (χ2v) is 11.1. The molecule has 1 heterocycles. The van der Waals surface area contributed by atoms with Crippen LogP contribution in [0.5, 0.6) is 5.75 Å². The highest BCUT2D eigenvalue weighted by Crippen LogP contribution is 2.60. The van der Waals surface area contributed by atoms with Crippen LogP contribution in [0.15, 0.2) is 60.7 Å². The molecule has 5 fully saturated rings. The monoisotopic (exact) mass is 482 g/mol. The van der Waals surface area contributed by atoms with E-state index in [0.29, 0.717) is 23.2 Å². The van der Waals surface area contributed by atoms with E-state index in [-0.39, 0.29) is 16.7 Å². The molecule has 2 N–H and O–H groups in total. The molecule has 2 aromatic carbocycles. The largest absolute Gasteiger partial charge is 0.508 e. The van der Waals surface area contributed by atoms with Crippen LogP contribution in [0.25, 0.3) is 6.08 Å². The summed E-state index contributed by atoms with van der Waals surface area (Å²) < 4.78 is 0. The van der Waals surface area contributed by atoms with Crippen molar-refractivity contribution < 1.29 is 19.5 Å². The van der Waals surface area contributed by atoms with Gasteiger partial charge in [-0.25, -0.2) is 9.69 Å². The van der Waals surface area contributed by atoms with Crippen molar-refractivity contribution in [1.82, 2.24) is 5.32 Å². The standard InChI is InChI=1S/C30H30N2O4/c1-2-3-22-13-18(4-9-26(22)33)14-25-27(34)31-29(36)32(28(25)35)24-7-5-23(6-8-24)30-15-19-10-20(16-30)12-21(11-19)17-30/h2,4-9,13-14,19-21,33H,1,3,10-12,15-17H2,(H,31,34,36)/b25-14+. The minimum absolute atomic E-state index is 0.118. The van der Waals surface area contributed by atoms with Crippen LogP contribution in [0.3, 0.4) is 0 Å². The predicted octanol–water partition coefficient (Wildman–Crippen LogP) is 5.25. The number of aromatic hydroxyl groups is 1. The quantitative estimate of drug-likeness (QED) is 0.346. The van der Waals surface area contributed by atoms with Crippen LogP contribution < -0.4 is 10.2 Å². The second kappa shape index (κ2) is 8.47. The van der Waals surface area contributed by atoms with Crippen LogP contribution in [0.2, 0.25) is 0 Å². The van der Waals surface area contributed by atoms with Gasteiger partial charge in [-0.3, -0.25) is 14.9 Å². The summed E-state index contributed by atoms with van der Waals surface area (Å²) in [5, 5.41) is 12.3. The average Bonchev–Trinajstić information content (AvgIpc) is 2.83. The summed E-state index contributed by atoms with van der Waals surface area (Å²) in [5.74, 6) is 1.21. The van der Waals surface area contributed by atoms with Crippen LogP contribution >= 0.6 is 0 Å². The lowest BCUT2D eigenvalue weighted by Crippen LogP contribution is -2.54. The van der Waals surface area contributed by atoms with Crippen molar-refractivity contribution >= 4 is 29.6 Å². The van der Waals surface area contributed by atoms with Crippen molar-refractivity contribution in [3.8, 4) is 5.75 Å². The van der Waals surface area contributed by atoms with E-state index in [1.54, 1.807) is 18.2 Å². The van der Waals surface area contributed by atoms with E-state index in [0.717, 1.165) is 22.7 Å². The number of carbonyl (C=O) groups excluding carboxylic acids is 3. The first-order valence-corrected chi connectivity index (χ1v) is 12.8. The van der Waals surface area contributed by atoms with Gasteiger partial charge >= 0.3 is 6.03 Å². The third-order valence-electron chi connectivity index (χ3n) is 8.66. The van der Waals surface area contributed by atoms with E-state index < -0.39 is 17.8 Å². The number of phenols is 1. The van der Waals surface area contributed by atoms with Gasteiger partial charge in [0.25, 0.3) is 11.8 Å². The Balaban J connectivity index is 1.28. The summed E-state index contributed by atoms with van der Waals surface area (Å²) in [6, 6.07) is 11.9. The van der Waals surface area contributed by atoms with Crippen molar-refractivity contribution in [2.75, 3.05) is 4.90 Å². The van der Waals surface area contributed by atoms with Crippen LogP contribution in [-0.2, 0) is 21.4 Å². The van der Waals surface area contributed by atoms with Crippen molar-refractivity contribution in [3.05, 3.63) is 77.4 Å². The van der Waals surface area contributed by atoms with Crippen LogP contribution in [0, 0.1) is 17.8 Å². The van der Waals surface area contributed by atoms with E-state index >= 15 is 0 Å². The second-order valence-electron chi connectivity index (χ2n) is 11.1. The molecule has 36 heavy (non-hydrogen) atoms. The van der Waals surface area contributed by atoms with Gasteiger partial charge in [-0.1, -0.05) is 24.3 Å². The Morgan fingerprint density at radius 3 is 2.22 bits per heavy atom. The first kappa shape index (κ1) is 22.8. The minimum atomic E-state index is -0.747. The summed E-state index contributed by atoms with van der Waals surface area (Å²) >= 11 is 0. The number of rotatable bonds is 5. The number of nitrogens with one attached hydrogen (secondary N) is 1. The highest BCUT2D eigenvalue weighted by Gasteiger charge is 2.51. The smallest absolute Gasteiger partial charge is 0.335 e. The summed E-state index contributed by atoms with van der Waals surface area (Å²) in [7, 11) is 0. The van der Waals surface area contributed by atoms with Crippen molar-refractivity contribution in [1.29, 1.82) is 0 Å². The number of benzene rings is 2. The minimum Gasteiger partial charge on any atom is -0.508 e. The maximum atomic E-state index is 13.3. The van der Waals surface area contributed by atoms with E-state index in [1.807, 2.05) is 12.1 Å². The molecule has 7 rings (SSSR count). The zero-order chi connectivity index (χ0) is 25.0. The van der Waals surface area contributed by atoms with Crippen LogP contribution in [-0.4, -0.2) is 23.0 Å². The lowest BCUT2D eigenvalue weighted by Gasteiger charge is -2.57. The molecular formula is C30H30N2O4. The normalized spacial score (nSPS) is 30.1. The molecule has 2 aromatic rings. The molecule has 0 aromatic heterocycles. The fraction of sp³-hybridized carbons (Fsp3) is 0.367. The number of hydrogen-bond acceptors (Lipinski definition) is 4. The molecule has 6 heteroatoms. The predicted molar refractivity (Wildman–Crippen MR) is 137 cm³/mol. The summed E-state index contributed by atoms with van der Waals surface area (Å²) in [4.78, 5) is 39.7. The number of barbiturate groups is 1. The van der Waals surface area contributed by atoms with Crippen LogP contribution in [0.4, 0.5) is 10.5 Å². The molecule has 4 amide bonds. The van der Waals surface area contributed by atoms with E-state index in [9.17, 15) is 19.5 Å². The van der Waals surface area contributed by atoms with Crippen LogP contribution in [0.1, 0.15) is 55.2 Å². The third kappa shape index (κ3) is 3.76. The lowest BCUT2D eigenvalue weighted by atomic mass is 9.48. The molecule has 0 spiro atoms. The number of amides is 4. The first-order valence-electron chi connectivity index (χ1n) is 12.8. The molecule has 6 nitrogen and oxygen atoms in total. The highest BCUT2D eigenvalue weighted by atomic mass is 16.3. The van der Waals surface area contributed by atoms with Gasteiger partial charge in [0.05, 0.1) is 5.69 Å². The Morgan fingerprint density at radius 1 is 0.972 bits per heavy atom. The molecule has 0 radical (unpaired) electrons. The molecule has 5 aliphatic rings. The number of imide groups is 2. The number of carbonyl (C=O) groups is 3. The Kier molecular flexibility index (Phi) is 5.36. The Hall–Kier alpha value is -3.67. The van der Waals surface area contributed by atoms with Gasteiger partial charge in [0, 0.05) is 0 Å². The van der Waals surface area contributed by atoms with E-state index in [2.05, 4.69) is 24.0 Å². The molecule has 0 atom stereocenters. The number of allylic oxidation sites excluding steroid dienone is 1. The van der Waals surface area contributed by atoms with Crippen molar-refractivity contribution in [3.63, 3.8) is 0 Å². The van der Waals surface area contributed by atoms with Gasteiger partial charge in [0.2, 0.25) is 0 Å². The number of phenolic OH excluding ortho intramolecular Hbond substituents is 1. The molecule has 1 saturated heterocycles. The average molecular weight is 483 g/mol. The summed E-state index contributed by atoms with van der Waals surface area (Å²) in [6.07, 6.45) is 11.4. The Morgan fingerprint density at radius 2 is 1.61 bits per heavy atom. The number of hydrogen-bond donors (Lipinski definition) is 2. The molecular weight excluding hydrogens is 452 g/mol. The zero-order valence-corrected chi connectivity index (χ0v) is 20.2. The number of urea groups is 1. The summed E-state index contributed by atoms with van der Waals surface area (Å²) in [5.41, 5.74) is 3.06. The molecule has 4 aliphatic carbocycles. The molecule has 184 valence electrons. The molecule has 4 bridgehead atoms. The van der Waals surface area contributed by atoms with E-state index in [1.165, 1.54) is 56.2 Å². The Labute approximate surface area is 210 Å². The van der Waals surface area contributed by atoms with Gasteiger partial charge < -0.3 is 5.11 Å². The van der Waals surface area contributed by atoms with Gasteiger partial charge in [-0.05, 0) is 115 Å². The summed E-state index contributed by atoms with van der Waals surface area (Å²) in [6.45, 7) is 3.69. The van der Waals surface area contributed by atoms with Gasteiger partial charge in [0.1, 0.15) is 11.3 Å². The number of nitrogens with zero attached hydrogens (tertiary/aromatic N) is 1. The number of anilines is 1. The third-order valence-corrected chi connectivity index (χ3v) is 8.66. The SMILES string of the molecule is C=CCc1cc(/C=C2\C(=O)NC(=O)N(c3ccc(C45CC6CC(CC(C6)C4)C5)cc3)C2=O)ccc1O. The fourth-order valence-corrected chi connectivity index (χ4v) is 7.50. The molecule has 0 unspecified atom stereocenters. The van der Waals surface area contributed by atoms with Gasteiger partial charge in [-0.15, -0.1) is 6.58 Å². The van der Waals surface area contributed by atoms with E-state index in [4.69, 9.17) is 0 Å². The maximum absolute atomic E-state index is 13.3.